The Hall–Kier alpha value is -0.630. The van der Waals surface area contributed by atoms with Gasteiger partial charge in [-0.3, -0.25) is 4.84 Å². The van der Waals surface area contributed by atoms with Crippen molar-refractivity contribution in [2.75, 3.05) is 20.8 Å². The predicted octanol–water partition coefficient (Wildman–Crippen LogP) is 2.03. The Labute approximate surface area is 109 Å². The fraction of sp³-hybridized carbons (Fsp3) is 0.400. The number of hydroxylamine groups is 1. The quantitative estimate of drug-likeness (QED) is 0.778. The van der Waals surface area contributed by atoms with Gasteiger partial charge < -0.3 is 4.74 Å². The van der Waals surface area contributed by atoms with E-state index in [9.17, 15) is 8.42 Å². The summed E-state index contributed by atoms with van der Waals surface area (Å²) in [6, 6.07) is 4.80. The highest BCUT2D eigenvalue weighted by molar-refractivity contribution is 9.10. The van der Waals surface area contributed by atoms with Crippen LogP contribution in [0.2, 0.25) is 0 Å². The standard InChI is InChI=1S/C10H14BrNO4S/c1-4-16-9-6-5-8(11)7-10(9)17(13,14)12(2)15-3/h5-7H,4H2,1-3H3. The van der Waals surface area contributed by atoms with E-state index in [1.807, 2.05) is 0 Å². The molecule has 1 rings (SSSR count). The minimum Gasteiger partial charge on any atom is -0.492 e. The van der Waals surface area contributed by atoms with Gasteiger partial charge in [-0.2, -0.15) is 0 Å². The first kappa shape index (κ1) is 14.4. The second kappa shape index (κ2) is 5.81. The molecule has 0 amide bonds. The Morgan fingerprint density at radius 1 is 1.41 bits per heavy atom. The van der Waals surface area contributed by atoms with E-state index < -0.39 is 10.0 Å². The Balaban J connectivity index is 3.33. The minimum atomic E-state index is -3.71. The van der Waals surface area contributed by atoms with Crippen molar-refractivity contribution in [3.63, 3.8) is 0 Å². The maximum Gasteiger partial charge on any atom is 0.268 e. The highest BCUT2D eigenvalue weighted by atomic mass is 79.9. The van der Waals surface area contributed by atoms with Gasteiger partial charge >= 0.3 is 0 Å². The highest BCUT2D eigenvalue weighted by Gasteiger charge is 2.25. The Kier molecular flexibility index (Phi) is 4.93. The van der Waals surface area contributed by atoms with Gasteiger partial charge in [-0.05, 0) is 25.1 Å². The molecule has 0 aliphatic heterocycles. The molecule has 0 saturated carbocycles. The first-order chi connectivity index (χ1) is 7.93. The molecule has 1 aromatic carbocycles. The average Bonchev–Trinajstić information content (AvgIpc) is 2.30. The Morgan fingerprint density at radius 3 is 2.59 bits per heavy atom. The zero-order valence-electron chi connectivity index (χ0n) is 9.81. The van der Waals surface area contributed by atoms with Crippen LogP contribution in [-0.4, -0.2) is 33.7 Å². The van der Waals surface area contributed by atoms with E-state index in [2.05, 4.69) is 15.9 Å². The van der Waals surface area contributed by atoms with Crippen LogP contribution in [0.25, 0.3) is 0 Å². The lowest BCUT2D eigenvalue weighted by atomic mass is 10.3. The van der Waals surface area contributed by atoms with E-state index in [0.717, 1.165) is 4.47 Å². The molecule has 0 unspecified atom stereocenters. The molecule has 0 heterocycles. The molecule has 7 heteroatoms. The fourth-order valence-corrected chi connectivity index (χ4v) is 2.84. The van der Waals surface area contributed by atoms with Gasteiger partial charge in [0.05, 0.1) is 13.7 Å². The van der Waals surface area contributed by atoms with Crippen LogP contribution < -0.4 is 4.74 Å². The average molecular weight is 324 g/mol. The lowest BCUT2D eigenvalue weighted by Gasteiger charge is -2.17. The van der Waals surface area contributed by atoms with Gasteiger partial charge in [-0.1, -0.05) is 20.4 Å². The summed E-state index contributed by atoms with van der Waals surface area (Å²) in [5, 5.41) is 0. The molecule has 0 radical (unpaired) electrons. The second-order valence-corrected chi connectivity index (χ2v) is 5.94. The SMILES string of the molecule is CCOc1ccc(Br)cc1S(=O)(=O)N(C)OC. The van der Waals surface area contributed by atoms with Gasteiger partial charge in [-0.15, -0.1) is 0 Å². The minimum absolute atomic E-state index is 0.0677. The van der Waals surface area contributed by atoms with Gasteiger partial charge in [-0.25, -0.2) is 8.42 Å². The van der Waals surface area contributed by atoms with Crippen LogP contribution in [0.15, 0.2) is 27.6 Å². The van der Waals surface area contributed by atoms with Crippen LogP contribution in [0, 0.1) is 0 Å². The molecular formula is C10H14BrNO4S. The van der Waals surface area contributed by atoms with E-state index in [4.69, 9.17) is 9.57 Å². The van der Waals surface area contributed by atoms with Crippen molar-refractivity contribution in [2.45, 2.75) is 11.8 Å². The number of hydrogen-bond acceptors (Lipinski definition) is 4. The first-order valence-electron chi connectivity index (χ1n) is 4.88. The van der Waals surface area contributed by atoms with E-state index in [1.165, 1.54) is 20.2 Å². The molecule has 0 bridgehead atoms. The van der Waals surface area contributed by atoms with Crippen molar-refractivity contribution < 1.29 is 18.0 Å². The smallest absolute Gasteiger partial charge is 0.268 e. The summed E-state index contributed by atoms with van der Waals surface area (Å²) in [7, 11) is -1.10. The Morgan fingerprint density at radius 2 is 2.06 bits per heavy atom. The summed E-state index contributed by atoms with van der Waals surface area (Å²) in [6.07, 6.45) is 0. The number of benzene rings is 1. The molecule has 17 heavy (non-hydrogen) atoms. The molecule has 0 atom stereocenters. The number of halogens is 1. The van der Waals surface area contributed by atoms with E-state index in [0.29, 0.717) is 16.8 Å². The second-order valence-electron chi connectivity index (χ2n) is 3.12. The number of ether oxygens (including phenoxy) is 1. The number of hydrogen-bond donors (Lipinski definition) is 0. The maximum absolute atomic E-state index is 12.1. The lowest BCUT2D eigenvalue weighted by Crippen LogP contribution is -2.26. The van der Waals surface area contributed by atoms with Crippen molar-refractivity contribution in [3.05, 3.63) is 22.7 Å². The van der Waals surface area contributed by atoms with Crippen molar-refractivity contribution in [2.24, 2.45) is 0 Å². The van der Waals surface area contributed by atoms with Gasteiger partial charge in [0.2, 0.25) is 0 Å². The van der Waals surface area contributed by atoms with Crippen LogP contribution in [-0.2, 0) is 14.9 Å². The summed E-state index contributed by atoms with van der Waals surface area (Å²) in [5.41, 5.74) is 0. The maximum atomic E-state index is 12.1. The van der Waals surface area contributed by atoms with Crippen LogP contribution >= 0.6 is 15.9 Å². The molecule has 0 spiro atoms. The third kappa shape index (κ3) is 3.19. The van der Waals surface area contributed by atoms with E-state index in [1.54, 1.807) is 19.1 Å². The summed E-state index contributed by atoms with van der Waals surface area (Å²) in [4.78, 5) is 4.78. The fourth-order valence-electron chi connectivity index (χ4n) is 1.19. The molecule has 0 aromatic heterocycles. The van der Waals surface area contributed by atoms with Crippen molar-refractivity contribution >= 4 is 26.0 Å². The van der Waals surface area contributed by atoms with Crippen LogP contribution in [0.5, 0.6) is 5.75 Å². The molecule has 0 aliphatic rings. The molecule has 1 aromatic rings. The predicted molar refractivity (Wildman–Crippen MR) is 67.3 cm³/mol. The number of rotatable bonds is 5. The van der Waals surface area contributed by atoms with Crippen LogP contribution in [0.3, 0.4) is 0 Å². The van der Waals surface area contributed by atoms with Crippen molar-refractivity contribution in [3.8, 4) is 5.75 Å². The summed E-state index contributed by atoms with van der Waals surface area (Å²) < 4.78 is 31.0. The molecule has 0 N–H and O–H groups in total. The Bertz CT molecular complexity index is 489. The third-order valence-electron chi connectivity index (χ3n) is 2.08. The van der Waals surface area contributed by atoms with Crippen molar-refractivity contribution in [1.29, 1.82) is 0 Å². The monoisotopic (exact) mass is 323 g/mol. The molecule has 0 saturated heterocycles. The summed E-state index contributed by atoms with van der Waals surface area (Å²) >= 11 is 3.23. The topological polar surface area (TPSA) is 55.8 Å². The normalized spacial score (nSPS) is 11.8. The zero-order chi connectivity index (χ0) is 13.1. The zero-order valence-corrected chi connectivity index (χ0v) is 12.2. The summed E-state index contributed by atoms with van der Waals surface area (Å²) in [6.45, 7) is 2.18. The number of nitrogens with zero attached hydrogens (tertiary/aromatic N) is 1. The van der Waals surface area contributed by atoms with E-state index in [-0.39, 0.29) is 4.90 Å². The van der Waals surface area contributed by atoms with Gasteiger partial charge in [0.25, 0.3) is 10.0 Å². The van der Waals surface area contributed by atoms with E-state index >= 15 is 0 Å². The highest BCUT2D eigenvalue weighted by Crippen LogP contribution is 2.29. The molecule has 0 aliphatic carbocycles. The molecule has 5 nitrogen and oxygen atoms in total. The third-order valence-corrected chi connectivity index (χ3v) is 4.27. The first-order valence-corrected chi connectivity index (χ1v) is 7.12. The number of sulfonamides is 1. The van der Waals surface area contributed by atoms with Gasteiger partial charge in [0.15, 0.2) is 0 Å². The summed E-state index contributed by atoms with van der Waals surface area (Å²) in [5.74, 6) is 0.305. The molecule has 96 valence electrons. The van der Waals surface area contributed by atoms with Crippen molar-refractivity contribution in [1.82, 2.24) is 4.47 Å². The van der Waals surface area contributed by atoms with Crippen LogP contribution in [0.4, 0.5) is 0 Å². The molecular weight excluding hydrogens is 310 g/mol. The molecule has 0 fully saturated rings. The largest absolute Gasteiger partial charge is 0.492 e. The van der Waals surface area contributed by atoms with Gasteiger partial charge in [0.1, 0.15) is 10.6 Å². The van der Waals surface area contributed by atoms with Crippen LogP contribution in [0.1, 0.15) is 6.92 Å². The lowest BCUT2D eigenvalue weighted by molar-refractivity contribution is -0.0259. The van der Waals surface area contributed by atoms with Gasteiger partial charge in [0, 0.05) is 11.5 Å².